The van der Waals surface area contributed by atoms with E-state index in [1.165, 1.54) is 40.6 Å². The number of rotatable bonds is 13. The van der Waals surface area contributed by atoms with Crippen LogP contribution in [0.25, 0.3) is 11.0 Å². The van der Waals surface area contributed by atoms with E-state index in [1.807, 2.05) is 0 Å². The molecule has 0 unspecified atom stereocenters. The standard InChI is InChI=1S/C22H23F3N4O4.C21H22F3N5O3/c1-4-33-20(31)15-12-29-14(10-13(28-29)8-9-21(2,3)32)11-17(15)27-19(30)16-6-5-7-18(26-16)22(23,24)25;1-20(2,32)8-7-12-9-13-10-16(14(18(30)25-3)11-29(13)28-12)27-19(31)15-5-4-6-17(26-15)21(22,23)24/h5-7,10-12,32H,4,8-9H2,1-3H3,(H,27,30);4-6,9-11,32H,7-8H2,1-3H3,(H,25,30)(H,27,31). The fourth-order valence-corrected chi connectivity index (χ4v) is 6.00. The summed E-state index contributed by atoms with van der Waals surface area (Å²) < 4.78 is 85.5. The number of esters is 1. The van der Waals surface area contributed by atoms with Gasteiger partial charge in [-0.25, -0.2) is 23.8 Å². The lowest BCUT2D eigenvalue weighted by Gasteiger charge is -2.15. The van der Waals surface area contributed by atoms with Crippen molar-refractivity contribution in [3.8, 4) is 0 Å². The molecule has 0 atom stereocenters. The number of hydrogen-bond donors (Lipinski definition) is 5. The van der Waals surface area contributed by atoms with Crippen molar-refractivity contribution in [1.82, 2.24) is 34.5 Å². The first-order valence-electron chi connectivity index (χ1n) is 19.8. The molecule has 0 radical (unpaired) electrons. The van der Waals surface area contributed by atoms with Crippen LogP contribution in [-0.2, 0) is 29.9 Å². The molecule has 3 amide bonds. The van der Waals surface area contributed by atoms with E-state index in [2.05, 4.69) is 36.1 Å². The largest absolute Gasteiger partial charge is 0.462 e. The SMILES string of the molecule is CCOC(=O)c1cn2nc(CCC(C)(C)O)cc2cc1NC(=O)c1cccc(C(F)(F)F)n1.CNC(=O)c1cn2nc(CCC(C)(C)O)cc2cc1NC(=O)c1cccc(C(F)(F)F)n1. The number of halogens is 6. The van der Waals surface area contributed by atoms with Gasteiger partial charge >= 0.3 is 18.3 Å². The molecule has 0 fully saturated rings. The summed E-state index contributed by atoms with van der Waals surface area (Å²) >= 11 is 0. The Labute approximate surface area is 367 Å². The van der Waals surface area contributed by atoms with E-state index in [9.17, 15) is 55.7 Å². The van der Waals surface area contributed by atoms with Crippen LogP contribution in [0.1, 0.15) is 112 Å². The Balaban J connectivity index is 0.000000244. The number of alkyl halides is 6. The van der Waals surface area contributed by atoms with Gasteiger partial charge in [-0.1, -0.05) is 12.1 Å². The Morgan fingerprint density at radius 1 is 0.646 bits per heavy atom. The molecule has 0 bridgehead atoms. The number of anilines is 2. The van der Waals surface area contributed by atoms with Gasteiger partial charge in [0.2, 0.25) is 0 Å². The third-order valence-corrected chi connectivity index (χ3v) is 9.29. The first kappa shape index (κ1) is 49.1. The fourth-order valence-electron chi connectivity index (χ4n) is 6.00. The average molecular weight is 914 g/mol. The molecular weight excluding hydrogens is 869 g/mol. The molecule has 6 heterocycles. The maximum Gasteiger partial charge on any atom is 0.433 e. The van der Waals surface area contributed by atoms with Crippen molar-refractivity contribution in [1.29, 1.82) is 0 Å². The van der Waals surface area contributed by atoms with Crippen LogP contribution in [0.5, 0.6) is 0 Å². The van der Waals surface area contributed by atoms with Crippen molar-refractivity contribution >= 4 is 46.1 Å². The number of ether oxygens (including phenoxy) is 1. The smallest absolute Gasteiger partial charge is 0.433 e. The fraction of sp³-hybridized carbons (Fsp3) is 0.349. The monoisotopic (exact) mass is 913 g/mol. The van der Waals surface area contributed by atoms with Crippen LogP contribution in [0.2, 0.25) is 0 Å². The summed E-state index contributed by atoms with van der Waals surface area (Å²) in [4.78, 5) is 56.8. The van der Waals surface area contributed by atoms with E-state index in [0.29, 0.717) is 48.1 Å². The normalized spacial score (nSPS) is 12.1. The summed E-state index contributed by atoms with van der Waals surface area (Å²) in [6, 6.07) is 12.4. The van der Waals surface area contributed by atoms with Gasteiger partial charge in [-0.05, 0) is 109 Å². The van der Waals surface area contributed by atoms with Crippen LogP contribution < -0.4 is 16.0 Å². The van der Waals surface area contributed by atoms with Gasteiger partial charge in [0.25, 0.3) is 17.7 Å². The molecule has 5 N–H and O–H groups in total. The van der Waals surface area contributed by atoms with Crippen LogP contribution in [-0.4, -0.2) is 88.0 Å². The van der Waals surface area contributed by atoms with Crippen molar-refractivity contribution in [2.45, 2.75) is 83.9 Å². The number of carbonyl (C=O) groups is 4. The second kappa shape index (κ2) is 19.4. The topological polar surface area (TPSA) is 214 Å². The van der Waals surface area contributed by atoms with Crippen LogP contribution in [0.15, 0.2) is 73.1 Å². The summed E-state index contributed by atoms with van der Waals surface area (Å²) in [6.07, 6.45) is -4.75. The minimum Gasteiger partial charge on any atom is -0.462 e. The zero-order chi connectivity index (χ0) is 48.1. The summed E-state index contributed by atoms with van der Waals surface area (Å²) in [5.41, 5.74) is -2.50. The van der Waals surface area contributed by atoms with Crippen molar-refractivity contribution in [3.05, 3.63) is 118 Å². The molecule has 22 heteroatoms. The molecule has 6 aromatic heterocycles. The number of aliphatic hydroxyl groups is 2. The third kappa shape index (κ3) is 13.3. The summed E-state index contributed by atoms with van der Waals surface area (Å²) in [6.45, 7) is 8.41. The maximum absolute atomic E-state index is 12.9. The van der Waals surface area contributed by atoms with Gasteiger partial charge in [-0.15, -0.1) is 0 Å². The van der Waals surface area contributed by atoms with E-state index in [4.69, 9.17) is 4.74 Å². The Bertz CT molecular complexity index is 2720. The summed E-state index contributed by atoms with van der Waals surface area (Å²) in [7, 11) is 1.41. The highest BCUT2D eigenvalue weighted by molar-refractivity contribution is 6.09. The quantitative estimate of drug-likeness (QED) is 0.0591. The van der Waals surface area contributed by atoms with E-state index in [-0.39, 0.29) is 29.1 Å². The molecule has 6 aromatic rings. The van der Waals surface area contributed by atoms with Crippen LogP contribution in [0.3, 0.4) is 0 Å². The number of aryl methyl sites for hydroxylation is 2. The number of aromatic nitrogens is 6. The van der Waals surface area contributed by atoms with E-state index in [1.54, 1.807) is 46.8 Å². The third-order valence-electron chi connectivity index (χ3n) is 9.29. The number of hydrogen-bond acceptors (Lipinski definition) is 11. The molecule has 0 spiro atoms. The molecule has 0 aliphatic rings. The number of nitrogens with zero attached hydrogens (tertiary/aromatic N) is 6. The summed E-state index contributed by atoms with van der Waals surface area (Å²) in [5, 5.41) is 36.0. The molecule has 6 rings (SSSR count). The Kier molecular flexibility index (Phi) is 14.7. The van der Waals surface area contributed by atoms with Crippen molar-refractivity contribution in [3.63, 3.8) is 0 Å². The van der Waals surface area contributed by atoms with Gasteiger partial charge in [-0.2, -0.15) is 36.5 Å². The maximum atomic E-state index is 12.9. The Hall–Kier alpha value is -6.94. The number of pyridine rings is 4. The van der Waals surface area contributed by atoms with Gasteiger partial charge in [0.15, 0.2) is 0 Å². The van der Waals surface area contributed by atoms with Crippen LogP contribution in [0.4, 0.5) is 37.7 Å². The van der Waals surface area contributed by atoms with E-state index < -0.39 is 70.0 Å². The highest BCUT2D eigenvalue weighted by Gasteiger charge is 2.34. The predicted octanol–water partition coefficient (Wildman–Crippen LogP) is 6.94. The number of amides is 3. The molecule has 0 aliphatic carbocycles. The Morgan fingerprint density at radius 3 is 1.45 bits per heavy atom. The van der Waals surface area contributed by atoms with Crippen molar-refractivity contribution in [2.75, 3.05) is 24.3 Å². The minimum absolute atomic E-state index is 0.0261. The summed E-state index contributed by atoms with van der Waals surface area (Å²) in [5.74, 6) is -3.07. The van der Waals surface area contributed by atoms with Crippen molar-refractivity contribution < 1.29 is 60.5 Å². The van der Waals surface area contributed by atoms with Crippen LogP contribution in [0, 0.1) is 0 Å². The molecular formula is C43H45F6N9O7. The number of carbonyl (C=O) groups excluding carboxylic acids is 4. The number of nitrogens with one attached hydrogen (secondary N) is 3. The lowest BCUT2D eigenvalue weighted by Crippen LogP contribution is -2.23. The first-order valence-corrected chi connectivity index (χ1v) is 19.8. The molecule has 0 saturated carbocycles. The van der Waals surface area contributed by atoms with Crippen LogP contribution >= 0.6 is 0 Å². The van der Waals surface area contributed by atoms with Gasteiger partial charge in [0.05, 0.1) is 57.2 Å². The molecule has 0 aliphatic heterocycles. The number of fused-ring (bicyclic) bond motifs is 2. The second-order valence-corrected chi connectivity index (χ2v) is 15.9. The van der Waals surface area contributed by atoms with Gasteiger partial charge < -0.3 is 30.9 Å². The van der Waals surface area contributed by atoms with Gasteiger partial charge in [0, 0.05) is 19.4 Å². The minimum atomic E-state index is -4.71. The van der Waals surface area contributed by atoms with Gasteiger partial charge in [0.1, 0.15) is 28.3 Å². The lowest BCUT2D eigenvalue weighted by atomic mass is 10.0. The molecule has 346 valence electrons. The van der Waals surface area contributed by atoms with E-state index >= 15 is 0 Å². The van der Waals surface area contributed by atoms with Crippen molar-refractivity contribution in [2.24, 2.45) is 0 Å². The molecule has 0 saturated heterocycles. The zero-order valence-corrected chi connectivity index (χ0v) is 35.9. The lowest BCUT2D eigenvalue weighted by molar-refractivity contribution is -0.142. The molecule has 65 heavy (non-hydrogen) atoms. The average Bonchev–Trinajstić information content (AvgIpc) is 3.83. The molecule has 0 aromatic carbocycles. The first-order chi connectivity index (χ1) is 30.2. The second-order valence-electron chi connectivity index (χ2n) is 15.9. The predicted molar refractivity (Wildman–Crippen MR) is 223 cm³/mol. The highest BCUT2D eigenvalue weighted by atomic mass is 19.4. The van der Waals surface area contributed by atoms with Gasteiger partial charge in [-0.3, -0.25) is 14.4 Å². The Morgan fingerprint density at radius 2 is 1.06 bits per heavy atom. The molecule has 16 nitrogen and oxygen atoms in total. The van der Waals surface area contributed by atoms with E-state index in [0.717, 1.165) is 36.4 Å². The highest BCUT2D eigenvalue weighted by Crippen LogP contribution is 2.30. The zero-order valence-electron chi connectivity index (χ0n) is 35.9.